The Hall–Kier alpha value is -1.07. The molecule has 90 valence electrons. The third-order valence-electron chi connectivity index (χ3n) is 1.98. The van der Waals surface area contributed by atoms with Crippen molar-refractivity contribution in [2.24, 2.45) is 5.41 Å². The first-order chi connectivity index (χ1) is 7.21. The van der Waals surface area contributed by atoms with Crippen LogP contribution in [-0.4, -0.2) is 15.0 Å². The molecule has 0 spiro atoms. The van der Waals surface area contributed by atoms with Crippen LogP contribution in [0.5, 0.6) is 0 Å². The van der Waals surface area contributed by atoms with Gasteiger partial charge in [0, 0.05) is 12.2 Å². The molecule has 0 unspecified atom stereocenters. The van der Waals surface area contributed by atoms with Crippen LogP contribution in [0.25, 0.3) is 0 Å². The average molecular weight is 242 g/mol. The Morgan fingerprint density at radius 3 is 2.12 bits per heavy atom. The molecule has 0 aromatic heterocycles. The molecule has 0 atom stereocenters. The summed E-state index contributed by atoms with van der Waals surface area (Å²) >= 11 is 0. The molecule has 5 heteroatoms. The van der Waals surface area contributed by atoms with Crippen molar-refractivity contribution in [2.75, 3.05) is 12.3 Å². The quantitative estimate of drug-likeness (QED) is 0.791. The van der Waals surface area contributed by atoms with E-state index in [0.29, 0.717) is 12.2 Å². The number of nitrogen functional groups attached to an aromatic ring is 1. The second kappa shape index (κ2) is 4.43. The number of hydrogen-bond acceptors (Lipinski definition) is 3. The minimum Gasteiger partial charge on any atom is -0.399 e. The van der Waals surface area contributed by atoms with Crippen LogP contribution in [0, 0.1) is 5.41 Å². The first-order valence-electron chi connectivity index (χ1n) is 5.06. The second-order valence-electron chi connectivity index (χ2n) is 4.95. The fourth-order valence-electron chi connectivity index (χ4n) is 1.04. The number of hydrogen-bond donors (Lipinski definition) is 2. The highest BCUT2D eigenvalue weighted by Gasteiger charge is 2.17. The third kappa shape index (κ3) is 3.83. The summed E-state index contributed by atoms with van der Waals surface area (Å²) in [6.45, 7) is 6.31. The summed E-state index contributed by atoms with van der Waals surface area (Å²) in [5, 5.41) is 0. The number of sulfonamides is 1. The molecule has 0 aliphatic carbocycles. The fraction of sp³-hybridized carbons (Fsp3) is 0.455. The van der Waals surface area contributed by atoms with Crippen molar-refractivity contribution in [1.29, 1.82) is 0 Å². The molecular weight excluding hydrogens is 224 g/mol. The first-order valence-corrected chi connectivity index (χ1v) is 6.54. The fourth-order valence-corrected chi connectivity index (χ4v) is 2.33. The van der Waals surface area contributed by atoms with E-state index >= 15 is 0 Å². The number of rotatable bonds is 3. The molecule has 0 bridgehead atoms. The van der Waals surface area contributed by atoms with E-state index in [0.717, 1.165) is 0 Å². The van der Waals surface area contributed by atoms with Gasteiger partial charge in [0.05, 0.1) is 4.90 Å². The molecule has 16 heavy (non-hydrogen) atoms. The molecular formula is C11H18N2O2S. The van der Waals surface area contributed by atoms with Crippen molar-refractivity contribution in [2.45, 2.75) is 25.7 Å². The molecule has 1 aromatic carbocycles. The van der Waals surface area contributed by atoms with Crippen LogP contribution in [0.3, 0.4) is 0 Å². The lowest BCUT2D eigenvalue weighted by Gasteiger charge is -2.18. The molecule has 0 radical (unpaired) electrons. The molecule has 0 saturated carbocycles. The molecule has 1 rings (SSSR count). The predicted molar refractivity (Wildman–Crippen MR) is 65.5 cm³/mol. The maximum Gasteiger partial charge on any atom is 0.240 e. The van der Waals surface area contributed by atoms with E-state index in [1.54, 1.807) is 12.1 Å². The largest absolute Gasteiger partial charge is 0.399 e. The van der Waals surface area contributed by atoms with Gasteiger partial charge < -0.3 is 5.73 Å². The molecule has 3 N–H and O–H groups in total. The maximum atomic E-state index is 11.8. The zero-order valence-electron chi connectivity index (χ0n) is 9.82. The summed E-state index contributed by atoms with van der Waals surface area (Å²) < 4.78 is 26.2. The van der Waals surface area contributed by atoms with Crippen LogP contribution >= 0.6 is 0 Å². The van der Waals surface area contributed by atoms with Gasteiger partial charge in [0.25, 0.3) is 0 Å². The summed E-state index contributed by atoms with van der Waals surface area (Å²) in [5.74, 6) is 0. The van der Waals surface area contributed by atoms with Gasteiger partial charge in [-0.3, -0.25) is 0 Å². The lowest BCUT2D eigenvalue weighted by molar-refractivity contribution is 0.407. The first kappa shape index (κ1) is 13.0. The van der Waals surface area contributed by atoms with E-state index in [4.69, 9.17) is 5.73 Å². The lowest BCUT2D eigenvalue weighted by atomic mass is 9.98. The van der Waals surface area contributed by atoms with Gasteiger partial charge in [0.1, 0.15) is 0 Å². The van der Waals surface area contributed by atoms with Gasteiger partial charge in [0.15, 0.2) is 0 Å². The van der Waals surface area contributed by atoms with E-state index in [1.165, 1.54) is 12.1 Å². The van der Waals surface area contributed by atoms with E-state index in [9.17, 15) is 8.42 Å². The number of benzene rings is 1. The topological polar surface area (TPSA) is 72.2 Å². The Morgan fingerprint density at radius 1 is 1.19 bits per heavy atom. The standard InChI is InChI=1S/C11H18N2O2S/c1-11(2,3)8-13-16(14,15)10-6-4-9(12)5-7-10/h4-7,13H,8,12H2,1-3H3. The third-order valence-corrected chi connectivity index (χ3v) is 3.40. The van der Waals surface area contributed by atoms with Gasteiger partial charge in [-0.25, -0.2) is 13.1 Å². The van der Waals surface area contributed by atoms with E-state index < -0.39 is 10.0 Å². The SMILES string of the molecule is CC(C)(C)CNS(=O)(=O)c1ccc(N)cc1. The van der Waals surface area contributed by atoms with Gasteiger partial charge in [-0.05, 0) is 29.7 Å². The summed E-state index contributed by atoms with van der Waals surface area (Å²) in [6, 6.07) is 6.15. The Balaban J connectivity index is 2.83. The van der Waals surface area contributed by atoms with E-state index in [-0.39, 0.29) is 10.3 Å². The predicted octanol–water partition coefficient (Wildman–Crippen LogP) is 1.59. The van der Waals surface area contributed by atoms with Gasteiger partial charge in [-0.1, -0.05) is 20.8 Å². The minimum atomic E-state index is -3.42. The Morgan fingerprint density at radius 2 is 1.69 bits per heavy atom. The highest BCUT2D eigenvalue weighted by Crippen LogP contribution is 2.15. The molecule has 0 saturated heterocycles. The van der Waals surface area contributed by atoms with Crippen molar-refractivity contribution in [3.05, 3.63) is 24.3 Å². The van der Waals surface area contributed by atoms with Crippen LogP contribution < -0.4 is 10.5 Å². The van der Waals surface area contributed by atoms with E-state index in [2.05, 4.69) is 4.72 Å². The van der Waals surface area contributed by atoms with E-state index in [1.807, 2.05) is 20.8 Å². The molecule has 0 heterocycles. The zero-order chi connectivity index (χ0) is 12.4. The summed E-state index contributed by atoms with van der Waals surface area (Å²) in [4.78, 5) is 0.242. The monoisotopic (exact) mass is 242 g/mol. The van der Waals surface area contributed by atoms with Crippen molar-refractivity contribution < 1.29 is 8.42 Å². The smallest absolute Gasteiger partial charge is 0.240 e. The highest BCUT2D eigenvalue weighted by atomic mass is 32.2. The number of nitrogens with two attached hydrogens (primary N) is 1. The normalized spacial score (nSPS) is 12.7. The van der Waals surface area contributed by atoms with Crippen molar-refractivity contribution >= 4 is 15.7 Å². The Kier molecular flexibility index (Phi) is 3.60. The van der Waals surface area contributed by atoms with Crippen molar-refractivity contribution in [1.82, 2.24) is 4.72 Å². The van der Waals surface area contributed by atoms with Crippen LogP contribution in [0.4, 0.5) is 5.69 Å². The summed E-state index contributed by atoms with van der Waals surface area (Å²) in [6.07, 6.45) is 0. The molecule has 1 aromatic rings. The van der Waals surface area contributed by atoms with Crippen molar-refractivity contribution in [3.8, 4) is 0 Å². The van der Waals surface area contributed by atoms with Crippen molar-refractivity contribution in [3.63, 3.8) is 0 Å². The molecule has 0 aliphatic rings. The zero-order valence-corrected chi connectivity index (χ0v) is 10.6. The lowest BCUT2D eigenvalue weighted by Crippen LogP contribution is -2.32. The molecule has 4 nitrogen and oxygen atoms in total. The molecule has 0 aliphatic heterocycles. The van der Waals surface area contributed by atoms with Crippen LogP contribution in [0.2, 0.25) is 0 Å². The van der Waals surface area contributed by atoms with Gasteiger partial charge in [-0.2, -0.15) is 0 Å². The Labute approximate surface area is 96.9 Å². The van der Waals surface area contributed by atoms with Crippen LogP contribution in [0.1, 0.15) is 20.8 Å². The number of anilines is 1. The van der Waals surface area contributed by atoms with Crippen LogP contribution in [-0.2, 0) is 10.0 Å². The van der Waals surface area contributed by atoms with Gasteiger partial charge in [0.2, 0.25) is 10.0 Å². The Bertz CT molecular complexity index is 444. The minimum absolute atomic E-state index is 0.0825. The second-order valence-corrected chi connectivity index (χ2v) is 6.72. The average Bonchev–Trinajstić information content (AvgIpc) is 2.15. The van der Waals surface area contributed by atoms with Gasteiger partial charge in [-0.15, -0.1) is 0 Å². The molecule has 0 amide bonds. The number of nitrogens with one attached hydrogen (secondary N) is 1. The summed E-state index contributed by atoms with van der Waals surface area (Å²) in [7, 11) is -3.42. The maximum absolute atomic E-state index is 11.8. The van der Waals surface area contributed by atoms with Gasteiger partial charge >= 0.3 is 0 Å². The van der Waals surface area contributed by atoms with Crippen LogP contribution in [0.15, 0.2) is 29.2 Å². The molecule has 0 fully saturated rings. The highest BCUT2D eigenvalue weighted by molar-refractivity contribution is 7.89. The summed E-state index contributed by atoms with van der Waals surface area (Å²) in [5.41, 5.74) is 5.97.